The molecule has 4 heteroatoms. The van der Waals surface area contributed by atoms with Gasteiger partial charge in [0.2, 0.25) is 5.91 Å². The maximum Gasteiger partial charge on any atom is 0.240 e. The second-order valence-electron chi connectivity index (χ2n) is 5.38. The zero-order valence-electron chi connectivity index (χ0n) is 11.7. The Bertz CT molecular complexity index is 240. The zero-order valence-corrected chi connectivity index (χ0v) is 12.5. The maximum atomic E-state index is 12.0. The van der Waals surface area contributed by atoms with Crippen LogP contribution in [-0.4, -0.2) is 30.0 Å². The van der Waals surface area contributed by atoms with Gasteiger partial charge in [0.15, 0.2) is 0 Å². The number of thioether (sulfide) groups is 1. The molecule has 0 aliphatic heterocycles. The van der Waals surface area contributed by atoms with Crippen LogP contribution >= 0.6 is 11.8 Å². The molecule has 0 unspecified atom stereocenters. The van der Waals surface area contributed by atoms with Gasteiger partial charge in [-0.05, 0) is 37.7 Å². The topological polar surface area (TPSA) is 55.1 Å². The van der Waals surface area contributed by atoms with Gasteiger partial charge in [0, 0.05) is 6.54 Å². The molecule has 1 aliphatic rings. The van der Waals surface area contributed by atoms with Gasteiger partial charge >= 0.3 is 0 Å². The van der Waals surface area contributed by atoms with Crippen molar-refractivity contribution in [2.24, 2.45) is 5.73 Å². The summed E-state index contributed by atoms with van der Waals surface area (Å²) in [5, 5.41) is 3.01. The Morgan fingerprint density at radius 2 is 1.83 bits per heavy atom. The number of nitrogens with one attached hydrogen (secondary N) is 1. The summed E-state index contributed by atoms with van der Waals surface area (Å²) in [6, 6.07) is 0. The molecule has 0 spiro atoms. The molecule has 0 saturated heterocycles. The van der Waals surface area contributed by atoms with Crippen molar-refractivity contribution in [1.29, 1.82) is 0 Å². The second-order valence-corrected chi connectivity index (χ2v) is 6.37. The van der Waals surface area contributed by atoms with Crippen LogP contribution in [0.2, 0.25) is 0 Å². The lowest BCUT2D eigenvalue weighted by Crippen LogP contribution is -2.55. The Morgan fingerprint density at radius 3 is 2.50 bits per heavy atom. The van der Waals surface area contributed by atoms with Gasteiger partial charge in [-0.3, -0.25) is 4.79 Å². The van der Waals surface area contributed by atoms with E-state index in [0.717, 1.165) is 38.6 Å². The first-order valence-electron chi connectivity index (χ1n) is 7.25. The normalized spacial score (nSPS) is 18.6. The highest BCUT2D eigenvalue weighted by atomic mass is 32.2. The lowest BCUT2D eigenvalue weighted by molar-refractivity contribution is -0.127. The summed E-state index contributed by atoms with van der Waals surface area (Å²) in [4.78, 5) is 12.0. The van der Waals surface area contributed by atoms with Crippen molar-refractivity contribution < 1.29 is 4.79 Å². The minimum Gasteiger partial charge on any atom is -0.355 e. The Kier molecular flexibility index (Phi) is 7.75. The third-order valence-corrected chi connectivity index (χ3v) is 4.46. The number of hydrogen-bond donors (Lipinski definition) is 2. The van der Waals surface area contributed by atoms with E-state index >= 15 is 0 Å². The van der Waals surface area contributed by atoms with Gasteiger partial charge in [-0.25, -0.2) is 0 Å². The van der Waals surface area contributed by atoms with Gasteiger partial charge < -0.3 is 11.1 Å². The first-order valence-corrected chi connectivity index (χ1v) is 8.64. The molecule has 18 heavy (non-hydrogen) atoms. The largest absolute Gasteiger partial charge is 0.355 e. The van der Waals surface area contributed by atoms with Gasteiger partial charge in [0.25, 0.3) is 0 Å². The van der Waals surface area contributed by atoms with Crippen molar-refractivity contribution in [3.05, 3.63) is 0 Å². The van der Waals surface area contributed by atoms with E-state index in [2.05, 4.69) is 11.6 Å². The SMILES string of the molecule is CSCCCCCCNC(=O)C1(N)CCCCC1. The van der Waals surface area contributed by atoms with E-state index in [0.29, 0.717) is 0 Å². The van der Waals surface area contributed by atoms with E-state index in [9.17, 15) is 4.79 Å². The lowest BCUT2D eigenvalue weighted by Gasteiger charge is -2.31. The van der Waals surface area contributed by atoms with Gasteiger partial charge in [0.05, 0.1) is 5.54 Å². The average molecular weight is 272 g/mol. The fraction of sp³-hybridized carbons (Fsp3) is 0.929. The average Bonchev–Trinajstić information content (AvgIpc) is 2.38. The van der Waals surface area contributed by atoms with Crippen LogP contribution in [0.3, 0.4) is 0 Å². The Hall–Kier alpha value is -0.220. The number of hydrogen-bond acceptors (Lipinski definition) is 3. The third kappa shape index (κ3) is 5.61. The van der Waals surface area contributed by atoms with Crippen LogP contribution in [-0.2, 0) is 4.79 Å². The van der Waals surface area contributed by atoms with E-state index in [-0.39, 0.29) is 5.91 Å². The van der Waals surface area contributed by atoms with E-state index in [1.54, 1.807) is 0 Å². The summed E-state index contributed by atoms with van der Waals surface area (Å²) in [6.07, 6.45) is 12.1. The third-order valence-electron chi connectivity index (χ3n) is 3.76. The maximum absolute atomic E-state index is 12.0. The van der Waals surface area contributed by atoms with E-state index in [1.807, 2.05) is 11.8 Å². The first-order chi connectivity index (χ1) is 8.69. The predicted octanol–water partition coefficient (Wildman–Crippen LogP) is 2.69. The number of carbonyl (C=O) groups excluding carboxylic acids is 1. The van der Waals surface area contributed by atoms with Crippen LogP contribution in [0.15, 0.2) is 0 Å². The number of carbonyl (C=O) groups is 1. The summed E-state index contributed by atoms with van der Waals surface area (Å²) < 4.78 is 0. The molecule has 0 aromatic heterocycles. The molecule has 1 saturated carbocycles. The molecule has 106 valence electrons. The van der Waals surface area contributed by atoms with Crippen LogP contribution in [0.4, 0.5) is 0 Å². The molecule has 1 aliphatic carbocycles. The predicted molar refractivity (Wildman–Crippen MR) is 79.9 cm³/mol. The molecule has 0 heterocycles. The van der Waals surface area contributed by atoms with Crippen LogP contribution in [0.5, 0.6) is 0 Å². The molecule has 3 nitrogen and oxygen atoms in total. The summed E-state index contributed by atoms with van der Waals surface area (Å²) in [5.74, 6) is 1.32. The molecule has 0 atom stereocenters. The Morgan fingerprint density at radius 1 is 1.17 bits per heavy atom. The molecule has 0 aromatic rings. The Labute approximate surface area is 116 Å². The van der Waals surface area contributed by atoms with Crippen molar-refractivity contribution in [3.63, 3.8) is 0 Å². The van der Waals surface area contributed by atoms with Crippen molar-refractivity contribution in [3.8, 4) is 0 Å². The smallest absolute Gasteiger partial charge is 0.240 e. The molecule has 1 amide bonds. The minimum atomic E-state index is -0.572. The number of rotatable bonds is 8. The molecule has 3 N–H and O–H groups in total. The summed E-state index contributed by atoms with van der Waals surface area (Å²) in [6.45, 7) is 0.789. The standard InChI is InChI=1S/C14H28N2OS/c1-18-12-8-3-2-7-11-16-13(17)14(15)9-5-4-6-10-14/h2-12,15H2,1H3,(H,16,17). The minimum absolute atomic E-state index is 0.0753. The van der Waals surface area contributed by atoms with Crippen LogP contribution in [0.1, 0.15) is 57.8 Å². The lowest BCUT2D eigenvalue weighted by atomic mass is 9.82. The quantitative estimate of drug-likeness (QED) is 0.668. The van der Waals surface area contributed by atoms with Crippen molar-refractivity contribution in [2.75, 3.05) is 18.6 Å². The van der Waals surface area contributed by atoms with Crippen molar-refractivity contribution in [1.82, 2.24) is 5.32 Å². The molecule has 0 bridgehead atoms. The van der Waals surface area contributed by atoms with Crippen LogP contribution in [0.25, 0.3) is 0 Å². The summed E-state index contributed by atoms with van der Waals surface area (Å²) in [5.41, 5.74) is 5.60. The molecule has 1 rings (SSSR count). The second kappa shape index (κ2) is 8.81. The van der Waals surface area contributed by atoms with Gasteiger partial charge in [0.1, 0.15) is 0 Å². The summed E-state index contributed by atoms with van der Waals surface area (Å²) >= 11 is 1.90. The fourth-order valence-electron chi connectivity index (χ4n) is 2.51. The highest BCUT2D eigenvalue weighted by Crippen LogP contribution is 2.25. The number of nitrogens with two attached hydrogens (primary N) is 1. The van der Waals surface area contributed by atoms with Gasteiger partial charge in [-0.2, -0.15) is 11.8 Å². The highest BCUT2D eigenvalue weighted by Gasteiger charge is 2.34. The molecular formula is C14H28N2OS. The number of amides is 1. The molecule has 0 aromatic carbocycles. The van der Waals surface area contributed by atoms with Crippen LogP contribution in [0, 0.1) is 0 Å². The number of unbranched alkanes of at least 4 members (excludes halogenated alkanes) is 3. The van der Waals surface area contributed by atoms with E-state index in [4.69, 9.17) is 5.73 Å². The van der Waals surface area contributed by atoms with E-state index in [1.165, 1.54) is 31.4 Å². The summed E-state index contributed by atoms with van der Waals surface area (Å²) in [7, 11) is 0. The van der Waals surface area contributed by atoms with Crippen molar-refractivity contribution in [2.45, 2.75) is 63.3 Å². The highest BCUT2D eigenvalue weighted by molar-refractivity contribution is 7.98. The fourth-order valence-corrected chi connectivity index (χ4v) is 3.01. The molecule has 0 radical (unpaired) electrons. The molecule has 1 fully saturated rings. The van der Waals surface area contributed by atoms with E-state index < -0.39 is 5.54 Å². The molecular weight excluding hydrogens is 244 g/mol. The Balaban J connectivity index is 2.05. The van der Waals surface area contributed by atoms with Gasteiger partial charge in [-0.1, -0.05) is 32.1 Å². The monoisotopic (exact) mass is 272 g/mol. The first kappa shape index (κ1) is 15.8. The van der Waals surface area contributed by atoms with Crippen LogP contribution < -0.4 is 11.1 Å². The van der Waals surface area contributed by atoms with Crippen molar-refractivity contribution >= 4 is 17.7 Å². The zero-order chi connectivity index (χ0) is 13.3. The van der Waals surface area contributed by atoms with Gasteiger partial charge in [-0.15, -0.1) is 0 Å².